The number of fused-ring (bicyclic) bond motifs is 1. The second kappa shape index (κ2) is 4.07. The first-order chi connectivity index (χ1) is 9.84. The van der Waals surface area contributed by atoms with Gasteiger partial charge >= 0.3 is 7.12 Å². The summed E-state index contributed by atoms with van der Waals surface area (Å²) in [6, 6.07) is 0.655. The zero-order valence-corrected chi connectivity index (χ0v) is 12.9. The Morgan fingerprint density at radius 2 is 1.95 bits per heavy atom. The highest BCUT2D eigenvalue weighted by Gasteiger charge is 2.60. The molecule has 0 aromatic carbocycles. The van der Waals surface area contributed by atoms with Gasteiger partial charge in [0.1, 0.15) is 6.29 Å². The van der Waals surface area contributed by atoms with Crippen molar-refractivity contribution in [2.24, 2.45) is 5.92 Å². The Morgan fingerprint density at radius 1 is 1.29 bits per heavy atom. The number of hydrogen-bond donors (Lipinski definition) is 1. The third-order valence-electron chi connectivity index (χ3n) is 5.55. The van der Waals surface area contributed by atoms with Gasteiger partial charge in [-0.25, -0.2) is 10.4 Å². The number of hydrogen-bond acceptors (Lipinski definition) is 5. The largest absolute Gasteiger partial charge is 0.494 e. The van der Waals surface area contributed by atoms with Crippen LogP contribution in [-0.2, 0) is 14.1 Å². The van der Waals surface area contributed by atoms with Crippen LogP contribution in [0.3, 0.4) is 0 Å². The Labute approximate surface area is 125 Å². The summed E-state index contributed by atoms with van der Waals surface area (Å²) in [7, 11) is -0.356. The summed E-state index contributed by atoms with van der Waals surface area (Å²) < 4.78 is 12.2. The van der Waals surface area contributed by atoms with Crippen molar-refractivity contribution < 1.29 is 14.1 Å². The lowest BCUT2D eigenvalue weighted by Gasteiger charge is -2.32. The predicted molar refractivity (Wildman–Crippen MR) is 79.2 cm³/mol. The first kappa shape index (κ1) is 13.7. The van der Waals surface area contributed by atoms with Crippen LogP contribution in [0.25, 0.3) is 0 Å². The molecule has 5 atom stereocenters. The summed E-state index contributed by atoms with van der Waals surface area (Å²) in [4.78, 5) is 11.2. The summed E-state index contributed by atoms with van der Waals surface area (Å²) in [6.07, 6.45) is 7.42. The zero-order valence-electron chi connectivity index (χ0n) is 12.9. The molecule has 0 aromatic heterocycles. The van der Waals surface area contributed by atoms with Gasteiger partial charge in [0.05, 0.1) is 29.3 Å². The van der Waals surface area contributed by atoms with Gasteiger partial charge < -0.3 is 14.1 Å². The smallest absolute Gasteiger partial charge is 0.399 e. The van der Waals surface area contributed by atoms with Gasteiger partial charge in [-0.1, -0.05) is 18.2 Å². The number of allylic oxidation sites excluding steroid dienone is 2. The molecule has 3 saturated heterocycles. The van der Waals surface area contributed by atoms with Gasteiger partial charge in [-0.2, -0.15) is 0 Å². The normalized spacial score (nSPS) is 45.0. The first-order valence-corrected chi connectivity index (χ1v) is 7.59. The molecule has 5 unspecified atom stereocenters. The number of hydrazine groups is 1. The van der Waals surface area contributed by atoms with Crippen molar-refractivity contribution in [2.75, 3.05) is 0 Å². The number of nitrogens with one attached hydrogen (secondary N) is 1. The lowest BCUT2D eigenvalue weighted by molar-refractivity contribution is -0.110. The average Bonchev–Trinajstić information content (AvgIpc) is 2.90. The molecular formula is C15H21BN2O3. The van der Waals surface area contributed by atoms with E-state index < -0.39 is 0 Å². The van der Waals surface area contributed by atoms with Gasteiger partial charge in [-0.05, 0) is 33.2 Å². The average molecular weight is 288 g/mol. The summed E-state index contributed by atoms with van der Waals surface area (Å²) in [6.45, 7) is 8.22. The third-order valence-corrected chi connectivity index (χ3v) is 5.55. The fourth-order valence-electron chi connectivity index (χ4n) is 3.48. The number of carbonyl (C=O) groups excluding carboxylic acids is 1. The molecule has 21 heavy (non-hydrogen) atoms. The van der Waals surface area contributed by atoms with E-state index in [1.807, 2.05) is 0 Å². The van der Waals surface area contributed by atoms with Crippen LogP contribution >= 0.6 is 0 Å². The fourth-order valence-corrected chi connectivity index (χ4v) is 3.48. The molecule has 0 bridgehead atoms. The van der Waals surface area contributed by atoms with Gasteiger partial charge in [0.2, 0.25) is 0 Å². The van der Waals surface area contributed by atoms with E-state index in [-0.39, 0.29) is 30.3 Å². The van der Waals surface area contributed by atoms with E-state index in [1.165, 1.54) is 0 Å². The summed E-state index contributed by atoms with van der Waals surface area (Å²) >= 11 is 0. The van der Waals surface area contributed by atoms with Crippen molar-refractivity contribution >= 4 is 13.4 Å². The minimum Gasteiger partial charge on any atom is -0.399 e. The maximum absolute atomic E-state index is 11.2. The lowest BCUT2D eigenvalue weighted by Crippen LogP contribution is -2.41. The van der Waals surface area contributed by atoms with E-state index in [9.17, 15) is 4.79 Å². The van der Waals surface area contributed by atoms with Gasteiger partial charge in [0.25, 0.3) is 0 Å². The molecule has 5 nitrogen and oxygen atoms in total. The number of rotatable bonds is 2. The Bertz CT molecular complexity index is 541. The molecule has 0 amide bonds. The van der Waals surface area contributed by atoms with E-state index in [2.05, 4.69) is 56.4 Å². The van der Waals surface area contributed by atoms with Crippen LogP contribution in [0.2, 0.25) is 0 Å². The lowest BCUT2D eigenvalue weighted by atomic mass is 9.76. The second-order valence-corrected chi connectivity index (χ2v) is 7.37. The highest BCUT2D eigenvalue weighted by molar-refractivity contribution is 6.55. The summed E-state index contributed by atoms with van der Waals surface area (Å²) in [5, 5.41) is 2.15. The van der Waals surface area contributed by atoms with Crippen LogP contribution in [0, 0.1) is 5.92 Å². The van der Waals surface area contributed by atoms with E-state index in [0.717, 1.165) is 11.8 Å². The fraction of sp³-hybridized carbons (Fsp3) is 0.667. The zero-order chi connectivity index (χ0) is 15.0. The summed E-state index contributed by atoms with van der Waals surface area (Å²) in [5.41, 5.74) is 3.60. The molecular weight excluding hydrogens is 267 g/mol. The molecule has 0 radical (unpaired) electrons. The third kappa shape index (κ3) is 1.83. The molecule has 0 saturated carbocycles. The van der Waals surface area contributed by atoms with Crippen molar-refractivity contribution in [3.8, 4) is 0 Å². The van der Waals surface area contributed by atoms with E-state index >= 15 is 0 Å². The Hall–Kier alpha value is -0.945. The maximum Gasteiger partial charge on any atom is 0.494 e. The molecule has 3 aliphatic heterocycles. The Balaban J connectivity index is 1.63. The van der Waals surface area contributed by atoms with Crippen LogP contribution in [0.5, 0.6) is 0 Å². The number of aldehydes is 1. The van der Waals surface area contributed by atoms with E-state index in [4.69, 9.17) is 9.31 Å². The van der Waals surface area contributed by atoms with Crippen molar-refractivity contribution in [1.29, 1.82) is 0 Å². The predicted octanol–water partition coefficient (Wildman–Crippen LogP) is 0.869. The van der Waals surface area contributed by atoms with E-state index in [0.29, 0.717) is 12.1 Å². The van der Waals surface area contributed by atoms with Crippen molar-refractivity contribution in [3.63, 3.8) is 0 Å². The summed E-state index contributed by atoms with van der Waals surface area (Å²) in [5.74, 6) is 0.191. The minimum atomic E-state index is -0.356. The SMILES string of the molecule is CC1(C)OB(C2=CC3C(C=O)NN4C(C=C2)C34)OC1(C)C. The monoisotopic (exact) mass is 288 g/mol. The van der Waals surface area contributed by atoms with Crippen LogP contribution < -0.4 is 5.43 Å². The van der Waals surface area contributed by atoms with Gasteiger partial charge in [0.15, 0.2) is 0 Å². The molecule has 4 aliphatic rings. The van der Waals surface area contributed by atoms with Crippen LogP contribution in [0.15, 0.2) is 23.7 Å². The van der Waals surface area contributed by atoms with E-state index in [1.54, 1.807) is 0 Å². The molecule has 4 rings (SSSR count). The first-order valence-electron chi connectivity index (χ1n) is 7.59. The van der Waals surface area contributed by atoms with Gasteiger partial charge in [-0.3, -0.25) is 0 Å². The standard InChI is InChI=1S/C15H21BN2O3/c1-14(2)15(3,4)21-16(20-14)9-5-6-12-13-10(7-9)11(8-19)17-18(12)13/h5-8,10-13,17H,1-4H3. The molecule has 3 fully saturated rings. The number of carbonyl (C=O) groups is 1. The Morgan fingerprint density at radius 3 is 2.57 bits per heavy atom. The van der Waals surface area contributed by atoms with Crippen LogP contribution in [0.4, 0.5) is 0 Å². The topological polar surface area (TPSA) is 50.6 Å². The molecule has 3 heterocycles. The van der Waals surface area contributed by atoms with Gasteiger partial charge in [-0.15, -0.1) is 0 Å². The van der Waals surface area contributed by atoms with Crippen LogP contribution in [-0.4, -0.2) is 47.7 Å². The molecule has 0 aromatic rings. The van der Waals surface area contributed by atoms with Crippen LogP contribution in [0.1, 0.15) is 27.7 Å². The van der Waals surface area contributed by atoms with Crippen molar-refractivity contribution in [1.82, 2.24) is 10.4 Å². The van der Waals surface area contributed by atoms with Crippen molar-refractivity contribution in [2.45, 2.75) is 57.0 Å². The Kier molecular flexibility index (Phi) is 2.66. The molecule has 1 aliphatic carbocycles. The van der Waals surface area contributed by atoms with Gasteiger partial charge in [0, 0.05) is 5.92 Å². The molecule has 0 spiro atoms. The molecule has 6 heteroatoms. The quantitative estimate of drug-likeness (QED) is 0.464. The molecule has 1 N–H and O–H groups in total. The second-order valence-electron chi connectivity index (χ2n) is 7.37. The van der Waals surface area contributed by atoms with Crippen molar-refractivity contribution in [3.05, 3.63) is 23.7 Å². The maximum atomic E-state index is 11.2. The highest BCUT2D eigenvalue weighted by Crippen LogP contribution is 2.45. The molecule has 112 valence electrons. The minimum absolute atomic E-state index is 0.136. The highest BCUT2D eigenvalue weighted by atomic mass is 16.7. The number of nitrogens with zero attached hydrogens (tertiary/aromatic N) is 1.